The molecule has 1 saturated carbocycles. The number of aromatic nitrogens is 2. The topological polar surface area (TPSA) is 54.9 Å². The highest BCUT2D eigenvalue weighted by atomic mass is 19.1. The van der Waals surface area contributed by atoms with Gasteiger partial charge in [0.2, 0.25) is 0 Å². The molecule has 1 fully saturated rings. The normalized spacial score (nSPS) is 22.2. The molecular formula is C16H18FN3O. The minimum Gasteiger partial charge on any atom is -0.348 e. The lowest BCUT2D eigenvalue weighted by Gasteiger charge is -2.26. The van der Waals surface area contributed by atoms with E-state index in [0.29, 0.717) is 11.0 Å². The number of nitrogens with one attached hydrogen (secondary N) is 1. The van der Waals surface area contributed by atoms with Gasteiger partial charge < -0.3 is 5.32 Å². The Morgan fingerprint density at radius 1 is 1.24 bits per heavy atom. The third kappa shape index (κ3) is 3.17. The summed E-state index contributed by atoms with van der Waals surface area (Å²) in [7, 11) is 0. The van der Waals surface area contributed by atoms with Gasteiger partial charge in [0, 0.05) is 12.1 Å². The highest BCUT2D eigenvalue weighted by Gasteiger charge is 2.21. The molecule has 1 amide bonds. The maximum Gasteiger partial charge on any atom is 0.271 e. The van der Waals surface area contributed by atoms with E-state index in [1.54, 1.807) is 0 Å². The lowest BCUT2D eigenvalue weighted by atomic mass is 9.87. The molecule has 0 bridgehead atoms. The second-order valence-electron chi connectivity index (χ2n) is 5.82. The Morgan fingerprint density at radius 3 is 2.76 bits per heavy atom. The van der Waals surface area contributed by atoms with Crippen LogP contribution in [0.5, 0.6) is 0 Å². The van der Waals surface area contributed by atoms with E-state index in [-0.39, 0.29) is 23.5 Å². The highest BCUT2D eigenvalue weighted by molar-refractivity contribution is 5.93. The molecule has 1 aromatic heterocycles. The fourth-order valence-corrected chi connectivity index (χ4v) is 2.76. The number of nitrogens with zero attached hydrogens (tertiary/aromatic N) is 2. The third-order valence-electron chi connectivity index (χ3n) is 4.09. The Hall–Kier alpha value is -2.04. The molecule has 1 N–H and O–H groups in total. The predicted octanol–water partition coefficient (Wildman–Crippen LogP) is 3.08. The fourth-order valence-electron chi connectivity index (χ4n) is 2.76. The maximum absolute atomic E-state index is 13.1. The van der Waals surface area contributed by atoms with E-state index >= 15 is 0 Å². The maximum atomic E-state index is 13.1. The zero-order valence-electron chi connectivity index (χ0n) is 12.0. The second-order valence-corrected chi connectivity index (χ2v) is 5.82. The van der Waals surface area contributed by atoms with E-state index < -0.39 is 0 Å². The van der Waals surface area contributed by atoms with Crippen molar-refractivity contribution in [2.45, 2.75) is 38.6 Å². The molecule has 1 heterocycles. The molecular weight excluding hydrogens is 269 g/mol. The van der Waals surface area contributed by atoms with Crippen LogP contribution in [-0.4, -0.2) is 21.9 Å². The van der Waals surface area contributed by atoms with Crippen molar-refractivity contribution in [3.05, 3.63) is 35.9 Å². The van der Waals surface area contributed by atoms with Gasteiger partial charge in [-0.1, -0.05) is 6.92 Å². The molecule has 5 heteroatoms. The van der Waals surface area contributed by atoms with Crippen LogP contribution in [0.15, 0.2) is 24.4 Å². The summed E-state index contributed by atoms with van der Waals surface area (Å²) in [4.78, 5) is 20.6. The first-order chi connectivity index (χ1) is 10.1. The summed E-state index contributed by atoms with van der Waals surface area (Å²) in [5.41, 5.74) is 1.27. The summed E-state index contributed by atoms with van der Waals surface area (Å²) in [6.45, 7) is 2.24. The number of rotatable bonds is 2. The Balaban J connectivity index is 1.74. The molecule has 21 heavy (non-hydrogen) atoms. The molecule has 0 radical (unpaired) electrons. The molecule has 2 aromatic rings. The SMILES string of the molecule is CC1CCC(NC(=O)c2cnc3cc(F)ccc3n2)CC1. The number of amides is 1. The second kappa shape index (κ2) is 5.76. The van der Waals surface area contributed by atoms with Gasteiger partial charge in [0.25, 0.3) is 5.91 Å². The van der Waals surface area contributed by atoms with Gasteiger partial charge in [-0.25, -0.2) is 9.37 Å². The van der Waals surface area contributed by atoms with Crippen LogP contribution < -0.4 is 5.32 Å². The summed E-state index contributed by atoms with van der Waals surface area (Å²) in [6, 6.07) is 4.39. The number of benzene rings is 1. The number of hydrogen-bond acceptors (Lipinski definition) is 3. The van der Waals surface area contributed by atoms with Crippen molar-refractivity contribution in [2.24, 2.45) is 5.92 Å². The predicted molar refractivity (Wildman–Crippen MR) is 78.4 cm³/mol. The summed E-state index contributed by atoms with van der Waals surface area (Å²) < 4.78 is 13.1. The lowest BCUT2D eigenvalue weighted by Crippen LogP contribution is -2.37. The minimum absolute atomic E-state index is 0.201. The van der Waals surface area contributed by atoms with Crippen LogP contribution in [0.4, 0.5) is 4.39 Å². The molecule has 3 rings (SSSR count). The number of hydrogen-bond donors (Lipinski definition) is 1. The van der Waals surface area contributed by atoms with Crippen LogP contribution >= 0.6 is 0 Å². The van der Waals surface area contributed by atoms with Gasteiger partial charge in [-0.15, -0.1) is 0 Å². The molecule has 0 atom stereocenters. The van der Waals surface area contributed by atoms with E-state index in [1.165, 1.54) is 24.4 Å². The zero-order chi connectivity index (χ0) is 14.8. The molecule has 110 valence electrons. The third-order valence-corrected chi connectivity index (χ3v) is 4.09. The smallest absolute Gasteiger partial charge is 0.271 e. The number of carbonyl (C=O) groups is 1. The van der Waals surface area contributed by atoms with Gasteiger partial charge in [-0.3, -0.25) is 9.78 Å². The average molecular weight is 287 g/mol. The van der Waals surface area contributed by atoms with Gasteiger partial charge in [0.1, 0.15) is 11.5 Å². The first kappa shape index (κ1) is 13.9. The fraction of sp³-hybridized carbons (Fsp3) is 0.438. The summed E-state index contributed by atoms with van der Waals surface area (Å²) >= 11 is 0. The molecule has 1 aromatic carbocycles. The standard InChI is InChI=1S/C16H18FN3O/c1-10-2-5-12(6-3-10)19-16(21)15-9-18-14-8-11(17)4-7-13(14)20-15/h4,7-10,12H,2-3,5-6H2,1H3,(H,19,21). The van der Waals surface area contributed by atoms with Crippen LogP contribution in [-0.2, 0) is 0 Å². The quantitative estimate of drug-likeness (QED) is 0.923. The van der Waals surface area contributed by atoms with Crippen molar-refractivity contribution in [3.8, 4) is 0 Å². The molecule has 0 unspecified atom stereocenters. The molecule has 1 aliphatic carbocycles. The number of halogens is 1. The van der Waals surface area contributed by atoms with E-state index in [9.17, 15) is 9.18 Å². The van der Waals surface area contributed by atoms with Gasteiger partial charge >= 0.3 is 0 Å². The Bertz CT molecular complexity index is 666. The largest absolute Gasteiger partial charge is 0.348 e. The molecule has 1 aliphatic rings. The van der Waals surface area contributed by atoms with Crippen LogP contribution in [0.25, 0.3) is 11.0 Å². The van der Waals surface area contributed by atoms with E-state index in [2.05, 4.69) is 22.2 Å². The molecule has 4 nitrogen and oxygen atoms in total. The van der Waals surface area contributed by atoms with E-state index in [4.69, 9.17) is 0 Å². The van der Waals surface area contributed by atoms with Crippen molar-refractivity contribution in [1.29, 1.82) is 0 Å². The summed E-state index contributed by atoms with van der Waals surface area (Å²) in [5.74, 6) is 0.187. The Labute approximate surface area is 122 Å². The zero-order valence-corrected chi connectivity index (χ0v) is 12.0. The lowest BCUT2D eigenvalue weighted by molar-refractivity contribution is 0.0918. The van der Waals surface area contributed by atoms with Gasteiger partial charge in [0.15, 0.2) is 0 Å². The van der Waals surface area contributed by atoms with Crippen molar-refractivity contribution >= 4 is 16.9 Å². The van der Waals surface area contributed by atoms with Crippen molar-refractivity contribution in [3.63, 3.8) is 0 Å². The molecule has 0 saturated heterocycles. The Morgan fingerprint density at radius 2 is 2.00 bits per heavy atom. The Kier molecular flexibility index (Phi) is 3.82. The molecule has 0 spiro atoms. The van der Waals surface area contributed by atoms with E-state index in [1.807, 2.05) is 0 Å². The number of fused-ring (bicyclic) bond motifs is 1. The van der Waals surface area contributed by atoms with Crippen LogP contribution in [0, 0.1) is 11.7 Å². The van der Waals surface area contributed by atoms with Crippen molar-refractivity contribution < 1.29 is 9.18 Å². The highest BCUT2D eigenvalue weighted by Crippen LogP contribution is 2.23. The van der Waals surface area contributed by atoms with Crippen molar-refractivity contribution in [1.82, 2.24) is 15.3 Å². The molecule has 0 aliphatic heterocycles. The first-order valence-corrected chi connectivity index (χ1v) is 7.35. The van der Waals surface area contributed by atoms with Gasteiger partial charge in [0.05, 0.1) is 17.2 Å². The van der Waals surface area contributed by atoms with E-state index in [0.717, 1.165) is 31.6 Å². The summed E-state index contributed by atoms with van der Waals surface area (Å²) in [6.07, 6.45) is 5.72. The van der Waals surface area contributed by atoms with Crippen LogP contribution in [0.2, 0.25) is 0 Å². The van der Waals surface area contributed by atoms with Crippen molar-refractivity contribution in [2.75, 3.05) is 0 Å². The van der Waals surface area contributed by atoms with Gasteiger partial charge in [-0.05, 0) is 43.7 Å². The van der Waals surface area contributed by atoms with Gasteiger partial charge in [-0.2, -0.15) is 0 Å². The van der Waals surface area contributed by atoms with Crippen LogP contribution in [0.1, 0.15) is 43.1 Å². The number of carbonyl (C=O) groups excluding carboxylic acids is 1. The summed E-state index contributed by atoms with van der Waals surface area (Å²) in [5, 5.41) is 3.02. The monoisotopic (exact) mass is 287 g/mol. The minimum atomic E-state index is -0.356. The van der Waals surface area contributed by atoms with Crippen LogP contribution in [0.3, 0.4) is 0 Å². The first-order valence-electron chi connectivity index (χ1n) is 7.35. The average Bonchev–Trinajstić information content (AvgIpc) is 2.49.